The molecular formula is C15H19ClN4O3. The van der Waals surface area contributed by atoms with Gasteiger partial charge < -0.3 is 19.4 Å². The molecule has 1 saturated heterocycles. The number of aromatic amines is 1. The Morgan fingerprint density at radius 1 is 1.43 bits per heavy atom. The normalized spacial score (nSPS) is 15.1. The van der Waals surface area contributed by atoms with Crippen LogP contribution in [-0.4, -0.2) is 53.8 Å². The van der Waals surface area contributed by atoms with Crippen molar-refractivity contribution in [2.45, 2.75) is 19.8 Å². The lowest BCUT2D eigenvalue weighted by molar-refractivity contribution is -0.143. The van der Waals surface area contributed by atoms with Gasteiger partial charge in [-0.2, -0.15) is 4.98 Å². The SMILES string of the molecule is CCOC(=O)CCc1c[nH]c2c(N3CCOCC3)nc(Cl)nc12. The van der Waals surface area contributed by atoms with Crippen molar-refractivity contribution in [1.29, 1.82) is 0 Å². The van der Waals surface area contributed by atoms with Crippen LogP contribution in [0.4, 0.5) is 5.82 Å². The van der Waals surface area contributed by atoms with Gasteiger partial charge in [0.05, 0.1) is 25.3 Å². The molecule has 0 amide bonds. The number of morpholine rings is 1. The lowest BCUT2D eigenvalue weighted by atomic mass is 10.1. The van der Waals surface area contributed by atoms with Crippen molar-refractivity contribution in [2.75, 3.05) is 37.8 Å². The minimum Gasteiger partial charge on any atom is -0.466 e. The summed E-state index contributed by atoms with van der Waals surface area (Å²) in [7, 11) is 0. The number of fused-ring (bicyclic) bond motifs is 1. The second kappa shape index (κ2) is 7.14. The van der Waals surface area contributed by atoms with Crippen molar-refractivity contribution in [3.63, 3.8) is 0 Å². The van der Waals surface area contributed by atoms with Gasteiger partial charge in [0.1, 0.15) is 5.52 Å². The molecule has 1 aliphatic rings. The molecule has 0 aliphatic carbocycles. The van der Waals surface area contributed by atoms with E-state index in [2.05, 4.69) is 19.9 Å². The monoisotopic (exact) mass is 338 g/mol. The number of nitrogens with zero attached hydrogens (tertiary/aromatic N) is 3. The number of H-pyrrole nitrogens is 1. The van der Waals surface area contributed by atoms with Crippen molar-refractivity contribution in [1.82, 2.24) is 15.0 Å². The number of aryl methyl sites for hydroxylation is 1. The minimum absolute atomic E-state index is 0.205. The fraction of sp³-hybridized carbons (Fsp3) is 0.533. The van der Waals surface area contributed by atoms with Crippen molar-refractivity contribution >= 4 is 34.4 Å². The first-order valence-corrected chi connectivity index (χ1v) is 8.08. The maximum atomic E-state index is 11.5. The Morgan fingerprint density at radius 2 is 2.22 bits per heavy atom. The van der Waals surface area contributed by atoms with E-state index >= 15 is 0 Å². The molecule has 7 nitrogen and oxygen atoms in total. The van der Waals surface area contributed by atoms with Crippen LogP contribution in [-0.2, 0) is 20.7 Å². The number of halogens is 1. The molecule has 0 spiro atoms. The second-order valence-electron chi connectivity index (χ2n) is 5.26. The number of hydrogen-bond donors (Lipinski definition) is 1. The highest BCUT2D eigenvalue weighted by atomic mass is 35.5. The van der Waals surface area contributed by atoms with E-state index in [4.69, 9.17) is 21.1 Å². The number of nitrogens with one attached hydrogen (secondary N) is 1. The van der Waals surface area contributed by atoms with E-state index in [1.165, 1.54) is 0 Å². The van der Waals surface area contributed by atoms with E-state index in [1.807, 2.05) is 6.20 Å². The number of anilines is 1. The molecule has 1 fully saturated rings. The summed E-state index contributed by atoms with van der Waals surface area (Å²) in [4.78, 5) is 25.6. The fourth-order valence-electron chi connectivity index (χ4n) is 2.68. The topological polar surface area (TPSA) is 80.3 Å². The summed E-state index contributed by atoms with van der Waals surface area (Å²) in [6.07, 6.45) is 2.73. The first-order valence-electron chi connectivity index (χ1n) is 7.71. The molecule has 0 saturated carbocycles. The summed E-state index contributed by atoms with van der Waals surface area (Å²) >= 11 is 6.10. The third-order valence-corrected chi connectivity index (χ3v) is 3.94. The molecule has 0 radical (unpaired) electrons. The number of carbonyl (C=O) groups excluding carboxylic acids is 1. The van der Waals surface area contributed by atoms with E-state index in [0.29, 0.717) is 32.7 Å². The average molecular weight is 339 g/mol. The molecule has 3 rings (SSSR count). The molecule has 3 heterocycles. The van der Waals surface area contributed by atoms with E-state index in [0.717, 1.165) is 35.5 Å². The zero-order valence-corrected chi connectivity index (χ0v) is 13.7. The number of hydrogen-bond acceptors (Lipinski definition) is 6. The molecule has 2 aromatic heterocycles. The molecule has 2 aromatic rings. The Balaban J connectivity index is 1.87. The number of esters is 1. The van der Waals surface area contributed by atoms with Gasteiger partial charge in [0.2, 0.25) is 5.28 Å². The van der Waals surface area contributed by atoms with Crippen molar-refractivity contribution in [2.24, 2.45) is 0 Å². The van der Waals surface area contributed by atoms with E-state index < -0.39 is 0 Å². The molecule has 0 unspecified atom stereocenters. The number of rotatable bonds is 5. The van der Waals surface area contributed by atoms with E-state index in [1.54, 1.807) is 6.92 Å². The van der Waals surface area contributed by atoms with Crippen LogP contribution in [0.25, 0.3) is 11.0 Å². The first-order chi connectivity index (χ1) is 11.2. The van der Waals surface area contributed by atoms with E-state index in [-0.39, 0.29) is 11.3 Å². The lowest BCUT2D eigenvalue weighted by Crippen LogP contribution is -2.37. The zero-order valence-electron chi connectivity index (χ0n) is 13.0. The van der Waals surface area contributed by atoms with Crippen molar-refractivity contribution in [3.8, 4) is 0 Å². The summed E-state index contributed by atoms with van der Waals surface area (Å²) in [5.41, 5.74) is 2.54. The molecule has 1 N–H and O–H groups in total. The molecule has 124 valence electrons. The Labute approximate surface area is 138 Å². The summed E-state index contributed by atoms with van der Waals surface area (Å²) in [5.74, 6) is 0.570. The fourth-order valence-corrected chi connectivity index (χ4v) is 2.84. The van der Waals surface area contributed by atoms with Crippen LogP contribution in [0.2, 0.25) is 5.28 Å². The van der Waals surface area contributed by atoms with Crippen molar-refractivity contribution in [3.05, 3.63) is 17.0 Å². The van der Waals surface area contributed by atoms with Gasteiger partial charge >= 0.3 is 5.97 Å². The standard InChI is InChI=1S/C15H19ClN4O3/c1-2-23-11(21)4-3-10-9-17-13-12(10)18-15(16)19-14(13)20-5-7-22-8-6-20/h9,17H,2-8H2,1H3. The smallest absolute Gasteiger partial charge is 0.306 e. The van der Waals surface area contributed by atoms with Gasteiger partial charge in [-0.05, 0) is 30.5 Å². The third kappa shape index (κ3) is 3.56. The number of ether oxygens (including phenoxy) is 2. The zero-order chi connectivity index (χ0) is 16.2. The van der Waals surface area contributed by atoms with Crippen LogP contribution in [0.15, 0.2) is 6.20 Å². The summed E-state index contributed by atoms with van der Waals surface area (Å²) in [6, 6.07) is 0. The number of aromatic nitrogens is 3. The lowest BCUT2D eigenvalue weighted by Gasteiger charge is -2.28. The Morgan fingerprint density at radius 3 is 2.96 bits per heavy atom. The highest BCUT2D eigenvalue weighted by Gasteiger charge is 2.20. The van der Waals surface area contributed by atoms with Crippen molar-refractivity contribution < 1.29 is 14.3 Å². The predicted octanol–water partition coefficient (Wildman–Crippen LogP) is 1.94. The largest absolute Gasteiger partial charge is 0.466 e. The molecule has 0 bridgehead atoms. The van der Waals surface area contributed by atoms with Crippen LogP contribution in [0.3, 0.4) is 0 Å². The van der Waals surface area contributed by atoms with Gasteiger partial charge in [-0.1, -0.05) is 0 Å². The van der Waals surface area contributed by atoms with Gasteiger partial charge in [0, 0.05) is 25.7 Å². The third-order valence-electron chi connectivity index (χ3n) is 3.77. The van der Waals surface area contributed by atoms with Gasteiger partial charge in [0.15, 0.2) is 5.82 Å². The highest BCUT2D eigenvalue weighted by Crippen LogP contribution is 2.28. The molecule has 8 heteroatoms. The first kappa shape index (κ1) is 16.0. The number of carbonyl (C=O) groups is 1. The molecule has 1 aliphatic heterocycles. The van der Waals surface area contributed by atoms with Gasteiger partial charge in [0.25, 0.3) is 0 Å². The van der Waals surface area contributed by atoms with Gasteiger partial charge in [-0.3, -0.25) is 4.79 Å². The summed E-state index contributed by atoms with van der Waals surface area (Å²) < 4.78 is 10.3. The Hall–Kier alpha value is -1.86. The van der Waals surface area contributed by atoms with Crippen LogP contribution < -0.4 is 4.90 Å². The molecular weight excluding hydrogens is 320 g/mol. The summed E-state index contributed by atoms with van der Waals surface area (Å²) in [6.45, 7) is 5.05. The van der Waals surface area contributed by atoms with Crippen LogP contribution in [0.5, 0.6) is 0 Å². The molecule has 0 atom stereocenters. The maximum absolute atomic E-state index is 11.5. The minimum atomic E-state index is -0.213. The average Bonchev–Trinajstić information content (AvgIpc) is 2.96. The quantitative estimate of drug-likeness (QED) is 0.663. The van der Waals surface area contributed by atoms with Gasteiger partial charge in [-0.25, -0.2) is 4.98 Å². The van der Waals surface area contributed by atoms with E-state index in [9.17, 15) is 4.79 Å². The van der Waals surface area contributed by atoms with Crippen LogP contribution >= 0.6 is 11.6 Å². The van der Waals surface area contributed by atoms with Crippen LogP contribution in [0.1, 0.15) is 18.9 Å². The second-order valence-corrected chi connectivity index (χ2v) is 5.60. The van der Waals surface area contributed by atoms with Gasteiger partial charge in [-0.15, -0.1) is 0 Å². The predicted molar refractivity (Wildman–Crippen MR) is 86.9 cm³/mol. The summed E-state index contributed by atoms with van der Waals surface area (Å²) in [5, 5.41) is 0.205. The molecule has 23 heavy (non-hydrogen) atoms. The van der Waals surface area contributed by atoms with Crippen LogP contribution in [0, 0.1) is 0 Å². The molecule has 0 aromatic carbocycles. The highest BCUT2D eigenvalue weighted by molar-refractivity contribution is 6.28. The Bertz CT molecular complexity index is 697. The Kier molecular flexibility index (Phi) is 4.97. The maximum Gasteiger partial charge on any atom is 0.306 e.